The molecular weight excluding hydrogens is 224 g/mol. The molecule has 0 unspecified atom stereocenters. The van der Waals surface area contributed by atoms with Gasteiger partial charge in [-0.15, -0.1) is 0 Å². The second kappa shape index (κ2) is 3.79. The third kappa shape index (κ3) is 1.55. The van der Waals surface area contributed by atoms with E-state index in [9.17, 15) is 4.79 Å². The van der Waals surface area contributed by atoms with E-state index in [-0.39, 0.29) is 5.91 Å². The van der Waals surface area contributed by atoms with Crippen LogP contribution in [0.2, 0.25) is 0 Å². The molecule has 2 aromatic rings. The second-order valence-electron chi connectivity index (χ2n) is 3.65. The van der Waals surface area contributed by atoms with E-state index in [2.05, 4.69) is 15.4 Å². The average molecular weight is 234 g/mol. The van der Waals surface area contributed by atoms with Gasteiger partial charge in [-0.1, -0.05) is 0 Å². The number of rotatable bonds is 2. The standard InChI is InChI=1S/C10H10N4OS/c15-10(13-7-4-16-5-7)9-8-2-1-3-14(8)12-6-11-9/h1-3,6-7H,4-5H2,(H,13,15). The van der Waals surface area contributed by atoms with E-state index >= 15 is 0 Å². The van der Waals surface area contributed by atoms with Crippen LogP contribution in [0.25, 0.3) is 5.52 Å². The van der Waals surface area contributed by atoms with Crippen LogP contribution in [0.1, 0.15) is 10.5 Å². The van der Waals surface area contributed by atoms with Gasteiger partial charge in [-0.2, -0.15) is 16.9 Å². The SMILES string of the molecule is O=C(NC1CSC1)c1ncnn2cccc12. The average Bonchev–Trinajstić information content (AvgIpc) is 2.70. The topological polar surface area (TPSA) is 59.3 Å². The Morgan fingerprint density at radius 2 is 2.44 bits per heavy atom. The zero-order valence-corrected chi connectivity index (χ0v) is 9.28. The summed E-state index contributed by atoms with van der Waals surface area (Å²) < 4.78 is 1.65. The minimum Gasteiger partial charge on any atom is -0.346 e. The van der Waals surface area contributed by atoms with Crippen molar-refractivity contribution in [2.24, 2.45) is 0 Å². The molecule has 1 saturated heterocycles. The summed E-state index contributed by atoms with van der Waals surface area (Å²) in [5, 5.41) is 6.97. The highest BCUT2D eigenvalue weighted by Gasteiger charge is 2.22. The van der Waals surface area contributed by atoms with Crippen molar-refractivity contribution in [3.8, 4) is 0 Å². The molecule has 3 heterocycles. The van der Waals surface area contributed by atoms with Crippen molar-refractivity contribution in [1.29, 1.82) is 0 Å². The first kappa shape index (κ1) is 9.65. The van der Waals surface area contributed by atoms with Crippen molar-refractivity contribution < 1.29 is 4.79 Å². The Labute approximate surface area is 96.2 Å². The van der Waals surface area contributed by atoms with Crippen molar-refractivity contribution in [1.82, 2.24) is 19.9 Å². The zero-order valence-electron chi connectivity index (χ0n) is 8.46. The molecule has 0 atom stereocenters. The van der Waals surface area contributed by atoms with Crippen LogP contribution < -0.4 is 5.32 Å². The second-order valence-corrected chi connectivity index (χ2v) is 4.73. The Bertz CT molecular complexity index is 534. The normalized spacial score (nSPS) is 16.0. The number of aromatic nitrogens is 3. The van der Waals surface area contributed by atoms with Crippen molar-refractivity contribution in [3.63, 3.8) is 0 Å². The first-order chi connectivity index (χ1) is 7.84. The molecule has 1 aliphatic heterocycles. The minimum atomic E-state index is -0.114. The number of carbonyl (C=O) groups is 1. The number of hydrogen-bond acceptors (Lipinski definition) is 4. The molecule has 1 aliphatic rings. The molecule has 5 nitrogen and oxygen atoms in total. The molecule has 2 aromatic heterocycles. The summed E-state index contributed by atoms with van der Waals surface area (Å²) in [7, 11) is 0. The van der Waals surface area contributed by atoms with Gasteiger partial charge < -0.3 is 5.32 Å². The number of carbonyl (C=O) groups excluding carboxylic acids is 1. The van der Waals surface area contributed by atoms with E-state index in [1.165, 1.54) is 6.33 Å². The lowest BCUT2D eigenvalue weighted by Gasteiger charge is -2.25. The summed E-state index contributed by atoms with van der Waals surface area (Å²) >= 11 is 1.83. The van der Waals surface area contributed by atoms with Crippen LogP contribution in [0.4, 0.5) is 0 Å². The number of hydrogen-bond donors (Lipinski definition) is 1. The molecular formula is C10H10N4OS. The molecule has 0 aliphatic carbocycles. The first-order valence-corrected chi connectivity index (χ1v) is 6.17. The molecule has 1 fully saturated rings. The van der Waals surface area contributed by atoms with Gasteiger partial charge in [0.2, 0.25) is 0 Å². The number of fused-ring (bicyclic) bond motifs is 1. The zero-order chi connectivity index (χ0) is 11.0. The van der Waals surface area contributed by atoms with Crippen LogP contribution >= 0.6 is 11.8 Å². The Balaban J connectivity index is 1.91. The highest BCUT2D eigenvalue weighted by molar-refractivity contribution is 8.00. The molecule has 16 heavy (non-hydrogen) atoms. The Kier molecular flexibility index (Phi) is 2.28. The van der Waals surface area contributed by atoms with Crippen LogP contribution in [0.15, 0.2) is 24.7 Å². The van der Waals surface area contributed by atoms with Gasteiger partial charge in [0.15, 0.2) is 5.69 Å². The maximum absolute atomic E-state index is 11.9. The van der Waals surface area contributed by atoms with E-state index in [0.717, 1.165) is 17.0 Å². The molecule has 6 heteroatoms. The largest absolute Gasteiger partial charge is 0.346 e. The molecule has 1 N–H and O–H groups in total. The Hall–Kier alpha value is -1.56. The van der Waals surface area contributed by atoms with Crippen molar-refractivity contribution in [2.75, 3.05) is 11.5 Å². The van der Waals surface area contributed by atoms with E-state index in [1.807, 2.05) is 23.9 Å². The van der Waals surface area contributed by atoms with Crippen molar-refractivity contribution in [3.05, 3.63) is 30.4 Å². The van der Waals surface area contributed by atoms with Crippen molar-refractivity contribution in [2.45, 2.75) is 6.04 Å². The van der Waals surface area contributed by atoms with E-state index in [4.69, 9.17) is 0 Å². The highest BCUT2D eigenvalue weighted by Crippen LogP contribution is 2.18. The fourth-order valence-electron chi connectivity index (χ4n) is 1.61. The lowest BCUT2D eigenvalue weighted by Crippen LogP contribution is -2.44. The summed E-state index contributed by atoms with van der Waals surface area (Å²) in [6, 6.07) is 3.98. The quantitative estimate of drug-likeness (QED) is 0.825. The van der Waals surface area contributed by atoms with Gasteiger partial charge >= 0.3 is 0 Å². The van der Waals surface area contributed by atoms with Crippen LogP contribution in [0, 0.1) is 0 Å². The maximum atomic E-state index is 11.9. The predicted molar refractivity (Wildman–Crippen MR) is 61.6 cm³/mol. The van der Waals surface area contributed by atoms with Crippen LogP contribution in [0.3, 0.4) is 0 Å². The molecule has 1 amide bonds. The molecule has 0 spiro atoms. The molecule has 0 bridgehead atoms. The van der Waals surface area contributed by atoms with Gasteiger partial charge in [-0.3, -0.25) is 4.79 Å². The van der Waals surface area contributed by atoms with E-state index in [0.29, 0.717) is 11.7 Å². The summed E-state index contributed by atoms with van der Waals surface area (Å²) in [6.45, 7) is 0. The Morgan fingerprint density at radius 1 is 1.56 bits per heavy atom. The fourth-order valence-corrected chi connectivity index (χ4v) is 2.25. The number of thioether (sulfide) groups is 1. The Morgan fingerprint density at radius 3 is 3.19 bits per heavy atom. The third-order valence-electron chi connectivity index (χ3n) is 2.52. The smallest absolute Gasteiger partial charge is 0.272 e. The van der Waals surface area contributed by atoms with Crippen LogP contribution in [-0.4, -0.2) is 38.1 Å². The number of nitrogens with zero attached hydrogens (tertiary/aromatic N) is 3. The molecule has 82 valence electrons. The monoisotopic (exact) mass is 234 g/mol. The lowest BCUT2D eigenvalue weighted by atomic mass is 10.3. The summed E-state index contributed by atoms with van der Waals surface area (Å²) in [5.74, 6) is 1.87. The summed E-state index contributed by atoms with van der Waals surface area (Å²) in [4.78, 5) is 16.0. The maximum Gasteiger partial charge on any atom is 0.272 e. The fraction of sp³-hybridized carbons (Fsp3) is 0.300. The van der Waals surface area contributed by atoms with E-state index in [1.54, 1.807) is 10.7 Å². The van der Waals surface area contributed by atoms with Crippen LogP contribution in [-0.2, 0) is 0 Å². The van der Waals surface area contributed by atoms with Gasteiger partial charge in [-0.05, 0) is 12.1 Å². The molecule has 0 saturated carbocycles. The minimum absolute atomic E-state index is 0.114. The predicted octanol–water partition coefficient (Wildman–Crippen LogP) is 0.574. The van der Waals surface area contributed by atoms with Crippen molar-refractivity contribution >= 4 is 23.2 Å². The highest BCUT2D eigenvalue weighted by atomic mass is 32.2. The van der Waals surface area contributed by atoms with Gasteiger partial charge in [0.1, 0.15) is 6.33 Å². The summed E-state index contributed by atoms with van der Waals surface area (Å²) in [5.41, 5.74) is 1.18. The van der Waals surface area contributed by atoms with Crippen LogP contribution in [0.5, 0.6) is 0 Å². The molecule has 0 radical (unpaired) electrons. The molecule has 3 rings (SSSR count). The van der Waals surface area contributed by atoms with Gasteiger partial charge in [0.25, 0.3) is 5.91 Å². The van der Waals surface area contributed by atoms with Gasteiger partial charge in [0, 0.05) is 23.7 Å². The molecule has 0 aromatic carbocycles. The number of nitrogens with one attached hydrogen (secondary N) is 1. The van der Waals surface area contributed by atoms with E-state index < -0.39 is 0 Å². The first-order valence-electron chi connectivity index (χ1n) is 5.01. The van der Waals surface area contributed by atoms with Gasteiger partial charge in [0.05, 0.1) is 5.52 Å². The summed E-state index contributed by atoms with van der Waals surface area (Å²) in [6.07, 6.45) is 3.20. The number of amides is 1. The lowest BCUT2D eigenvalue weighted by molar-refractivity contribution is 0.0939. The van der Waals surface area contributed by atoms with Gasteiger partial charge in [-0.25, -0.2) is 9.50 Å². The third-order valence-corrected chi connectivity index (χ3v) is 3.80.